The van der Waals surface area contributed by atoms with Crippen molar-refractivity contribution in [1.29, 1.82) is 0 Å². The van der Waals surface area contributed by atoms with E-state index < -0.39 is 6.09 Å². The Kier molecular flexibility index (Phi) is 3.34. The van der Waals surface area contributed by atoms with Crippen molar-refractivity contribution >= 4 is 6.09 Å². The van der Waals surface area contributed by atoms with E-state index in [1.807, 2.05) is 0 Å². The van der Waals surface area contributed by atoms with Crippen molar-refractivity contribution in [3.05, 3.63) is 0 Å². The van der Waals surface area contributed by atoms with Crippen LogP contribution in [0.4, 0.5) is 4.79 Å². The van der Waals surface area contributed by atoms with Gasteiger partial charge < -0.3 is 15.3 Å². The Morgan fingerprint density at radius 2 is 2.33 bits per heavy atom. The average Bonchev–Trinajstić information content (AvgIpc) is 2.30. The van der Waals surface area contributed by atoms with E-state index in [0.717, 1.165) is 32.4 Å². The number of likely N-dealkylation sites (N-methyl/N-ethyl adjacent to an activating group) is 1. The molecule has 1 aliphatic heterocycles. The van der Waals surface area contributed by atoms with Crippen LogP contribution in [0, 0.1) is 0 Å². The molecule has 0 aromatic heterocycles. The third kappa shape index (κ3) is 2.37. The summed E-state index contributed by atoms with van der Waals surface area (Å²) in [4.78, 5) is 12.0. The summed E-state index contributed by atoms with van der Waals surface area (Å²) in [5.74, 6) is 0. The molecule has 1 atom stereocenters. The normalized spacial score (nSPS) is 24.6. The first kappa shape index (κ1) is 9.32. The summed E-state index contributed by atoms with van der Waals surface area (Å²) in [6.07, 6.45) is 2.43. The molecule has 1 heterocycles. The van der Waals surface area contributed by atoms with E-state index in [1.165, 1.54) is 4.90 Å². The van der Waals surface area contributed by atoms with Crippen LogP contribution in [0.25, 0.3) is 0 Å². The molecule has 0 aromatic rings. The molecule has 1 unspecified atom stereocenters. The van der Waals surface area contributed by atoms with Crippen molar-refractivity contribution in [3.63, 3.8) is 0 Å². The number of hydrogen-bond acceptors (Lipinski definition) is 2. The summed E-state index contributed by atoms with van der Waals surface area (Å²) in [6.45, 7) is 1.81. The molecule has 1 aliphatic rings. The minimum atomic E-state index is -0.830. The number of hydrogen-bond donors (Lipinski definition) is 2. The second-order valence-corrected chi connectivity index (χ2v) is 3.25. The molecule has 0 aliphatic carbocycles. The number of amides is 1. The highest BCUT2D eigenvalue weighted by molar-refractivity contribution is 5.64. The van der Waals surface area contributed by atoms with Crippen LogP contribution in [0.3, 0.4) is 0 Å². The molecule has 0 aromatic carbocycles. The summed E-state index contributed by atoms with van der Waals surface area (Å²) in [5.41, 5.74) is 0. The maximum absolute atomic E-state index is 10.6. The molecule has 12 heavy (non-hydrogen) atoms. The van der Waals surface area contributed by atoms with E-state index in [9.17, 15) is 4.79 Å². The van der Waals surface area contributed by atoms with Gasteiger partial charge in [-0.1, -0.05) is 6.42 Å². The quantitative estimate of drug-likeness (QED) is 0.613. The molecule has 1 fully saturated rings. The predicted octanol–water partition coefficient (Wildman–Crippen LogP) is 0.738. The van der Waals surface area contributed by atoms with Crippen molar-refractivity contribution in [2.75, 3.05) is 20.1 Å². The highest BCUT2D eigenvalue weighted by Gasteiger charge is 2.19. The van der Waals surface area contributed by atoms with Crippen LogP contribution in [0.15, 0.2) is 0 Å². The number of carbonyl (C=O) groups is 1. The van der Waals surface area contributed by atoms with E-state index in [1.54, 1.807) is 7.05 Å². The summed E-state index contributed by atoms with van der Waals surface area (Å²) in [6, 6.07) is 0.157. The monoisotopic (exact) mass is 172 g/mol. The minimum absolute atomic E-state index is 0.157. The fraction of sp³-hybridized carbons (Fsp3) is 0.875. The van der Waals surface area contributed by atoms with Gasteiger partial charge in [-0.3, -0.25) is 0 Å². The van der Waals surface area contributed by atoms with Crippen molar-refractivity contribution in [3.8, 4) is 0 Å². The molecule has 70 valence electrons. The zero-order valence-electron chi connectivity index (χ0n) is 7.42. The second kappa shape index (κ2) is 4.30. The fourth-order valence-corrected chi connectivity index (χ4v) is 1.49. The van der Waals surface area contributed by atoms with Crippen LogP contribution in [-0.2, 0) is 0 Å². The lowest BCUT2D eigenvalue weighted by molar-refractivity contribution is 0.136. The largest absolute Gasteiger partial charge is 0.465 e. The van der Waals surface area contributed by atoms with Crippen LogP contribution in [0.5, 0.6) is 0 Å². The van der Waals surface area contributed by atoms with Crippen LogP contribution >= 0.6 is 0 Å². The summed E-state index contributed by atoms with van der Waals surface area (Å²) in [7, 11) is 1.64. The molecule has 0 bridgehead atoms. The van der Waals surface area contributed by atoms with Crippen LogP contribution in [-0.4, -0.2) is 42.3 Å². The molecule has 4 heteroatoms. The number of nitrogens with one attached hydrogen (secondary N) is 1. The Bertz CT molecular complexity index is 153. The third-order valence-electron chi connectivity index (χ3n) is 2.37. The minimum Gasteiger partial charge on any atom is -0.465 e. The van der Waals surface area contributed by atoms with Gasteiger partial charge in [-0.25, -0.2) is 4.79 Å². The van der Waals surface area contributed by atoms with Gasteiger partial charge in [0.1, 0.15) is 0 Å². The van der Waals surface area contributed by atoms with Gasteiger partial charge >= 0.3 is 6.09 Å². The van der Waals surface area contributed by atoms with Gasteiger partial charge in [-0.05, 0) is 19.4 Å². The molecule has 0 spiro atoms. The Labute approximate surface area is 72.6 Å². The van der Waals surface area contributed by atoms with Crippen LogP contribution in [0.1, 0.15) is 19.3 Å². The van der Waals surface area contributed by atoms with E-state index in [0.29, 0.717) is 0 Å². The number of carboxylic acid groups (broad SMARTS) is 1. The fourth-order valence-electron chi connectivity index (χ4n) is 1.49. The lowest BCUT2D eigenvalue weighted by Crippen LogP contribution is -2.41. The third-order valence-corrected chi connectivity index (χ3v) is 2.37. The maximum atomic E-state index is 10.6. The van der Waals surface area contributed by atoms with Crippen LogP contribution < -0.4 is 5.32 Å². The zero-order valence-corrected chi connectivity index (χ0v) is 7.42. The molecule has 0 saturated carbocycles. The molecular formula is C8H16N2O2. The molecule has 1 saturated heterocycles. The highest BCUT2D eigenvalue weighted by atomic mass is 16.4. The van der Waals surface area contributed by atoms with E-state index in [-0.39, 0.29) is 6.04 Å². The van der Waals surface area contributed by atoms with Crippen molar-refractivity contribution in [2.24, 2.45) is 0 Å². The molecule has 2 N–H and O–H groups in total. The first-order valence-electron chi connectivity index (χ1n) is 4.38. The molecule has 1 rings (SSSR count). The Hall–Kier alpha value is -0.770. The van der Waals surface area contributed by atoms with Crippen molar-refractivity contribution in [1.82, 2.24) is 10.2 Å². The summed E-state index contributed by atoms with van der Waals surface area (Å²) >= 11 is 0. The van der Waals surface area contributed by atoms with Gasteiger partial charge in [0.15, 0.2) is 0 Å². The van der Waals surface area contributed by atoms with Gasteiger partial charge in [-0.15, -0.1) is 0 Å². The lowest BCUT2D eigenvalue weighted by Gasteiger charge is -2.23. The number of nitrogens with zero attached hydrogens (tertiary/aromatic N) is 1. The smallest absolute Gasteiger partial charge is 0.407 e. The van der Waals surface area contributed by atoms with Crippen LogP contribution in [0.2, 0.25) is 0 Å². The molecule has 0 radical (unpaired) electrons. The molecule has 4 nitrogen and oxygen atoms in total. The Morgan fingerprint density at radius 1 is 1.58 bits per heavy atom. The molecule has 1 amide bonds. The SMILES string of the molecule is CN(C(=O)O)C1CCCCNC1. The van der Waals surface area contributed by atoms with Gasteiger partial charge in [-0.2, -0.15) is 0 Å². The zero-order chi connectivity index (χ0) is 8.97. The Morgan fingerprint density at radius 3 is 3.00 bits per heavy atom. The average molecular weight is 172 g/mol. The molecular weight excluding hydrogens is 156 g/mol. The first-order valence-corrected chi connectivity index (χ1v) is 4.38. The highest BCUT2D eigenvalue weighted by Crippen LogP contribution is 2.09. The van der Waals surface area contributed by atoms with E-state index in [4.69, 9.17) is 5.11 Å². The van der Waals surface area contributed by atoms with Gasteiger partial charge in [0, 0.05) is 19.6 Å². The topological polar surface area (TPSA) is 52.6 Å². The van der Waals surface area contributed by atoms with Crippen molar-refractivity contribution in [2.45, 2.75) is 25.3 Å². The summed E-state index contributed by atoms with van der Waals surface area (Å²) in [5, 5.41) is 12.0. The predicted molar refractivity (Wildman–Crippen MR) is 46.3 cm³/mol. The van der Waals surface area contributed by atoms with Gasteiger partial charge in [0.05, 0.1) is 0 Å². The van der Waals surface area contributed by atoms with E-state index >= 15 is 0 Å². The Balaban J connectivity index is 2.42. The maximum Gasteiger partial charge on any atom is 0.407 e. The second-order valence-electron chi connectivity index (χ2n) is 3.25. The lowest BCUT2D eigenvalue weighted by atomic mass is 10.1. The van der Waals surface area contributed by atoms with Gasteiger partial charge in [0.2, 0.25) is 0 Å². The summed E-state index contributed by atoms with van der Waals surface area (Å²) < 4.78 is 0. The number of rotatable bonds is 1. The van der Waals surface area contributed by atoms with Gasteiger partial charge in [0.25, 0.3) is 0 Å². The van der Waals surface area contributed by atoms with Crippen molar-refractivity contribution < 1.29 is 9.90 Å². The first-order chi connectivity index (χ1) is 5.72. The van der Waals surface area contributed by atoms with E-state index in [2.05, 4.69) is 5.32 Å². The standard InChI is InChI=1S/C8H16N2O2/c1-10(8(11)12)7-4-2-3-5-9-6-7/h7,9H,2-6H2,1H3,(H,11,12).